The Morgan fingerprint density at radius 1 is 0.958 bits per heavy atom. The van der Waals surface area contributed by atoms with Crippen molar-refractivity contribution in [1.29, 1.82) is 0 Å². The number of aromatic nitrogens is 3. The summed E-state index contributed by atoms with van der Waals surface area (Å²) in [7, 11) is 0. The molecule has 0 aliphatic rings. The zero-order chi connectivity index (χ0) is 16.8. The van der Waals surface area contributed by atoms with Crippen molar-refractivity contribution in [3.63, 3.8) is 0 Å². The Labute approximate surface area is 142 Å². The molecule has 0 aliphatic heterocycles. The van der Waals surface area contributed by atoms with Gasteiger partial charge >= 0.3 is 0 Å². The molecule has 0 fully saturated rings. The third-order valence-electron chi connectivity index (χ3n) is 3.72. The van der Waals surface area contributed by atoms with Crippen LogP contribution in [0.5, 0.6) is 0 Å². The molecule has 0 radical (unpaired) electrons. The van der Waals surface area contributed by atoms with Gasteiger partial charge in [-0.05, 0) is 25.5 Å². The molecule has 5 heteroatoms. The van der Waals surface area contributed by atoms with Crippen LogP contribution in [-0.4, -0.2) is 21.0 Å². The molecule has 122 valence electrons. The number of nitrogens with one attached hydrogen (secondary N) is 2. The van der Waals surface area contributed by atoms with Crippen molar-refractivity contribution in [2.75, 3.05) is 10.6 Å². The lowest BCUT2D eigenvalue weighted by molar-refractivity contribution is 0.759. The fourth-order valence-corrected chi connectivity index (χ4v) is 2.24. The second kappa shape index (κ2) is 7.55. The minimum absolute atomic E-state index is 0.345. The van der Waals surface area contributed by atoms with Gasteiger partial charge in [-0.15, -0.1) is 0 Å². The third kappa shape index (κ3) is 4.07. The maximum absolute atomic E-state index is 4.66. The molecule has 1 atom stereocenters. The van der Waals surface area contributed by atoms with Gasteiger partial charge in [0.05, 0.1) is 0 Å². The summed E-state index contributed by atoms with van der Waals surface area (Å²) in [4.78, 5) is 13.3. The fraction of sp³-hybridized carbons (Fsp3) is 0.211. The van der Waals surface area contributed by atoms with Crippen LogP contribution in [0.15, 0.2) is 60.9 Å². The standard InChI is InChI=1S/C19H21N5/c1-3-14(2)21-17-13-18(22-16-9-11-20-12-10-16)24-19(23-17)15-7-5-4-6-8-15/h4-14H,3H2,1-2H3,(H2,20,21,22,23,24). The first-order valence-electron chi connectivity index (χ1n) is 8.12. The lowest BCUT2D eigenvalue weighted by atomic mass is 10.2. The van der Waals surface area contributed by atoms with E-state index in [1.807, 2.05) is 48.5 Å². The zero-order valence-electron chi connectivity index (χ0n) is 13.9. The van der Waals surface area contributed by atoms with Crippen LogP contribution in [0.4, 0.5) is 17.3 Å². The van der Waals surface area contributed by atoms with Crippen molar-refractivity contribution in [2.45, 2.75) is 26.3 Å². The Bertz CT molecular complexity index is 774. The summed E-state index contributed by atoms with van der Waals surface area (Å²) in [5, 5.41) is 6.74. The fourth-order valence-electron chi connectivity index (χ4n) is 2.24. The molecule has 0 spiro atoms. The van der Waals surface area contributed by atoms with Crippen LogP contribution in [0.1, 0.15) is 20.3 Å². The highest BCUT2D eigenvalue weighted by Crippen LogP contribution is 2.23. The second-order valence-electron chi connectivity index (χ2n) is 5.64. The summed E-state index contributed by atoms with van der Waals surface area (Å²) < 4.78 is 0. The molecular weight excluding hydrogens is 298 g/mol. The van der Waals surface area contributed by atoms with Crippen LogP contribution in [0, 0.1) is 0 Å². The molecule has 0 aliphatic carbocycles. The molecule has 2 N–H and O–H groups in total. The van der Waals surface area contributed by atoms with Gasteiger partial charge in [-0.2, -0.15) is 0 Å². The monoisotopic (exact) mass is 319 g/mol. The average Bonchev–Trinajstić information content (AvgIpc) is 2.63. The maximum Gasteiger partial charge on any atom is 0.163 e. The first-order valence-corrected chi connectivity index (χ1v) is 8.12. The van der Waals surface area contributed by atoms with Crippen molar-refractivity contribution in [3.8, 4) is 11.4 Å². The highest BCUT2D eigenvalue weighted by Gasteiger charge is 2.09. The van der Waals surface area contributed by atoms with E-state index < -0.39 is 0 Å². The van der Waals surface area contributed by atoms with E-state index in [0.29, 0.717) is 11.9 Å². The van der Waals surface area contributed by atoms with E-state index in [1.54, 1.807) is 12.4 Å². The van der Waals surface area contributed by atoms with Crippen molar-refractivity contribution in [2.24, 2.45) is 0 Å². The largest absolute Gasteiger partial charge is 0.367 e. The third-order valence-corrected chi connectivity index (χ3v) is 3.72. The molecular formula is C19H21N5. The SMILES string of the molecule is CCC(C)Nc1cc(Nc2ccncc2)nc(-c2ccccc2)n1. The molecule has 0 bridgehead atoms. The molecule has 0 saturated carbocycles. The van der Waals surface area contributed by atoms with Gasteiger partial charge in [-0.25, -0.2) is 9.97 Å². The van der Waals surface area contributed by atoms with Gasteiger partial charge in [0, 0.05) is 35.8 Å². The van der Waals surface area contributed by atoms with E-state index in [-0.39, 0.29) is 0 Å². The Morgan fingerprint density at radius 2 is 1.67 bits per heavy atom. The number of benzene rings is 1. The number of pyridine rings is 1. The zero-order valence-corrected chi connectivity index (χ0v) is 13.9. The molecule has 1 unspecified atom stereocenters. The van der Waals surface area contributed by atoms with E-state index in [2.05, 4.69) is 39.4 Å². The quantitative estimate of drug-likeness (QED) is 0.701. The molecule has 0 amide bonds. The van der Waals surface area contributed by atoms with E-state index in [0.717, 1.165) is 29.3 Å². The van der Waals surface area contributed by atoms with E-state index >= 15 is 0 Å². The van der Waals surface area contributed by atoms with Crippen molar-refractivity contribution in [1.82, 2.24) is 15.0 Å². The van der Waals surface area contributed by atoms with Crippen LogP contribution < -0.4 is 10.6 Å². The summed E-state index contributed by atoms with van der Waals surface area (Å²) >= 11 is 0. The van der Waals surface area contributed by atoms with Crippen LogP contribution in [0.25, 0.3) is 11.4 Å². The summed E-state index contributed by atoms with van der Waals surface area (Å²) in [6.45, 7) is 4.29. The van der Waals surface area contributed by atoms with E-state index in [9.17, 15) is 0 Å². The minimum atomic E-state index is 0.345. The minimum Gasteiger partial charge on any atom is -0.367 e. The second-order valence-corrected chi connectivity index (χ2v) is 5.64. The molecule has 2 heterocycles. The first kappa shape index (κ1) is 15.9. The number of hydrogen-bond donors (Lipinski definition) is 2. The van der Waals surface area contributed by atoms with E-state index in [4.69, 9.17) is 0 Å². The summed E-state index contributed by atoms with van der Waals surface area (Å²) in [5.74, 6) is 2.26. The van der Waals surface area contributed by atoms with Gasteiger partial charge in [-0.1, -0.05) is 37.3 Å². The van der Waals surface area contributed by atoms with Gasteiger partial charge in [0.2, 0.25) is 0 Å². The predicted octanol–water partition coefficient (Wildman–Crippen LogP) is 4.49. The van der Waals surface area contributed by atoms with Gasteiger partial charge in [0.25, 0.3) is 0 Å². The Morgan fingerprint density at radius 3 is 2.38 bits per heavy atom. The van der Waals surface area contributed by atoms with Crippen LogP contribution in [-0.2, 0) is 0 Å². The van der Waals surface area contributed by atoms with Gasteiger partial charge in [-0.3, -0.25) is 4.98 Å². The Kier molecular flexibility index (Phi) is 5.01. The summed E-state index contributed by atoms with van der Waals surface area (Å²) in [6.07, 6.45) is 4.53. The number of rotatable bonds is 6. The predicted molar refractivity (Wildman–Crippen MR) is 98.4 cm³/mol. The topological polar surface area (TPSA) is 62.7 Å². The van der Waals surface area contributed by atoms with Gasteiger partial charge in [0.15, 0.2) is 5.82 Å². The molecule has 3 aromatic rings. The number of nitrogens with zero attached hydrogens (tertiary/aromatic N) is 3. The average molecular weight is 319 g/mol. The normalized spacial score (nSPS) is 11.8. The summed E-state index contributed by atoms with van der Waals surface area (Å²) in [5.41, 5.74) is 1.93. The number of anilines is 3. The first-order chi connectivity index (χ1) is 11.7. The highest BCUT2D eigenvalue weighted by molar-refractivity contribution is 5.64. The molecule has 24 heavy (non-hydrogen) atoms. The Balaban J connectivity index is 1.96. The summed E-state index contributed by atoms with van der Waals surface area (Å²) in [6, 6.07) is 16.1. The van der Waals surface area contributed by atoms with Gasteiger partial charge in [0.1, 0.15) is 11.6 Å². The lowest BCUT2D eigenvalue weighted by Crippen LogP contribution is -2.15. The molecule has 0 saturated heterocycles. The molecule has 2 aromatic heterocycles. The van der Waals surface area contributed by atoms with E-state index in [1.165, 1.54) is 0 Å². The van der Waals surface area contributed by atoms with Crippen LogP contribution >= 0.6 is 0 Å². The molecule has 1 aromatic carbocycles. The Hall–Kier alpha value is -2.95. The van der Waals surface area contributed by atoms with Gasteiger partial charge < -0.3 is 10.6 Å². The van der Waals surface area contributed by atoms with Crippen molar-refractivity contribution >= 4 is 17.3 Å². The number of hydrogen-bond acceptors (Lipinski definition) is 5. The van der Waals surface area contributed by atoms with Crippen LogP contribution in [0.3, 0.4) is 0 Å². The highest BCUT2D eigenvalue weighted by atomic mass is 15.1. The smallest absolute Gasteiger partial charge is 0.163 e. The van der Waals surface area contributed by atoms with Crippen molar-refractivity contribution in [3.05, 3.63) is 60.9 Å². The van der Waals surface area contributed by atoms with Crippen molar-refractivity contribution < 1.29 is 0 Å². The molecule has 5 nitrogen and oxygen atoms in total. The molecule has 3 rings (SSSR count). The lowest BCUT2D eigenvalue weighted by Gasteiger charge is -2.15. The van der Waals surface area contributed by atoms with Crippen LogP contribution in [0.2, 0.25) is 0 Å². The maximum atomic E-state index is 4.66.